The highest BCUT2D eigenvalue weighted by Crippen LogP contribution is 2.24. The van der Waals surface area contributed by atoms with Crippen LogP contribution in [0.2, 0.25) is 0 Å². The Morgan fingerprint density at radius 2 is 1.90 bits per heavy atom. The van der Waals surface area contributed by atoms with Crippen molar-refractivity contribution in [3.8, 4) is 0 Å². The average molecular weight is 390 g/mol. The van der Waals surface area contributed by atoms with Gasteiger partial charge in [0.1, 0.15) is 0 Å². The van der Waals surface area contributed by atoms with Crippen molar-refractivity contribution in [3.05, 3.63) is 75.9 Å². The number of carbonyl (C=O) groups excluding carboxylic acids is 1. The van der Waals surface area contributed by atoms with Crippen LogP contribution in [0.4, 0.5) is 0 Å². The number of pyridine rings is 1. The molecule has 0 saturated heterocycles. The van der Waals surface area contributed by atoms with Crippen LogP contribution in [0.5, 0.6) is 0 Å². The Hall–Kier alpha value is -3.41. The minimum atomic E-state index is -0.402. The van der Waals surface area contributed by atoms with Gasteiger partial charge in [0.05, 0.1) is 23.2 Å². The van der Waals surface area contributed by atoms with Crippen molar-refractivity contribution in [3.63, 3.8) is 0 Å². The van der Waals surface area contributed by atoms with E-state index in [1.165, 1.54) is 0 Å². The van der Waals surface area contributed by atoms with Gasteiger partial charge < -0.3 is 9.15 Å². The summed E-state index contributed by atoms with van der Waals surface area (Å²) in [4.78, 5) is 29.5. The molecular formula is C23H22N2O4. The molecule has 29 heavy (non-hydrogen) atoms. The highest BCUT2D eigenvalue weighted by atomic mass is 16.5. The molecule has 0 bridgehead atoms. The molecular weight excluding hydrogens is 368 g/mol. The molecule has 0 atom stereocenters. The lowest BCUT2D eigenvalue weighted by atomic mass is 10.0. The number of aryl methyl sites for hydroxylation is 2. The highest BCUT2D eigenvalue weighted by Gasteiger charge is 2.18. The Bertz CT molecular complexity index is 1250. The molecule has 2 aromatic carbocycles. The molecule has 4 aromatic rings. The van der Waals surface area contributed by atoms with E-state index in [0.29, 0.717) is 24.1 Å². The second kappa shape index (κ2) is 7.91. The van der Waals surface area contributed by atoms with Crippen molar-refractivity contribution in [2.45, 2.75) is 33.2 Å². The molecule has 0 amide bonds. The maximum Gasteiger partial charge on any atom is 0.419 e. The monoisotopic (exact) mass is 390 g/mol. The molecule has 2 aromatic heterocycles. The zero-order chi connectivity index (χ0) is 20.4. The zero-order valence-corrected chi connectivity index (χ0v) is 16.5. The molecule has 0 unspecified atom stereocenters. The summed E-state index contributed by atoms with van der Waals surface area (Å²) in [7, 11) is 0. The van der Waals surface area contributed by atoms with E-state index in [-0.39, 0.29) is 12.6 Å². The molecule has 2 heterocycles. The summed E-state index contributed by atoms with van der Waals surface area (Å²) >= 11 is 0. The molecule has 0 saturated carbocycles. The van der Waals surface area contributed by atoms with Crippen LogP contribution >= 0.6 is 0 Å². The van der Waals surface area contributed by atoms with Gasteiger partial charge in [-0.15, -0.1) is 0 Å². The second-order valence-corrected chi connectivity index (χ2v) is 6.91. The first kappa shape index (κ1) is 18.9. The van der Waals surface area contributed by atoms with Crippen LogP contribution in [0.3, 0.4) is 0 Å². The quantitative estimate of drug-likeness (QED) is 0.363. The number of hydrogen-bond acceptors (Lipinski definition) is 5. The largest absolute Gasteiger partial charge is 0.462 e. The Morgan fingerprint density at radius 3 is 2.72 bits per heavy atom. The second-order valence-electron chi connectivity index (χ2n) is 6.91. The third kappa shape index (κ3) is 3.53. The first-order valence-corrected chi connectivity index (χ1v) is 9.74. The first-order chi connectivity index (χ1) is 14.1. The van der Waals surface area contributed by atoms with Crippen LogP contribution in [-0.2, 0) is 17.7 Å². The predicted octanol–water partition coefficient (Wildman–Crippen LogP) is 4.26. The summed E-state index contributed by atoms with van der Waals surface area (Å²) in [6.07, 6.45) is 1.26. The topological polar surface area (TPSA) is 74.3 Å². The molecule has 6 nitrogen and oxygen atoms in total. The fourth-order valence-corrected chi connectivity index (χ4v) is 3.65. The number of benzene rings is 2. The molecule has 0 aliphatic heterocycles. The number of rotatable bonds is 6. The van der Waals surface area contributed by atoms with Crippen molar-refractivity contribution in [1.82, 2.24) is 9.55 Å². The number of esters is 1. The van der Waals surface area contributed by atoms with Crippen LogP contribution in [-0.4, -0.2) is 22.1 Å². The SMILES string of the molecule is CCc1nc2ccccc2c(C(=O)OCCCn2c(=O)oc3ccccc32)c1C. The van der Waals surface area contributed by atoms with Crippen LogP contribution in [0.25, 0.3) is 22.0 Å². The molecule has 0 aliphatic carbocycles. The maximum absolute atomic E-state index is 12.9. The van der Waals surface area contributed by atoms with E-state index >= 15 is 0 Å². The summed E-state index contributed by atoms with van der Waals surface area (Å²) in [6, 6.07) is 14.9. The van der Waals surface area contributed by atoms with Crippen LogP contribution in [0, 0.1) is 6.92 Å². The molecule has 0 fully saturated rings. The minimum absolute atomic E-state index is 0.211. The van der Waals surface area contributed by atoms with Crippen molar-refractivity contribution < 1.29 is 13.9 Å². The van der Waals surface area contributed by atoms with Crippen molar-refractivity contribution in [2.75, 3.05) is 6.61 Å². The number of oxazole rings is 1. The van der Waals surface area contributed by atoms with E-state index in [2.05, 4.69) is 4.98 Å². The lowest BCUT2D eigenvalue weighted by Gasteiger charge is -2.13. The van der Waals surface area contributed by atoms with E-state index < -0.39 is 5.76 Å². The van der Waals surface area contributed by atoms with Gasteiger partial charge in [-0.1, -0.05) is 37.3 Å². The summed E-state index contributed by atoms with van der Waals surface area (Å²) in [6.45, 7) is 4.56. The van der Waals surface area contributed by atoms with Crippen LogP contribution < -0.4 is 5.76 Å². The van der Waals surface area contributed by atoms with E-state index in [9.17, 15) is 9.59 Å². The van der Waals surface area contributed by atoms with Gasteiger partial charge in [-0.05, 0) is 43.5 Å². The smallest absolute Gasteiger partial charge is 0.419 e. The molecule has 148 valence electrons. The fourth-order valence-electron chi connectivity index (χ4n) is 3.65. The summed E-state index contributed by atoms with van der Waals surface area (Å²) in [5.41, 5.74) is 4.41. The number of carbonyl (C=O) groups is 1. The first-order valence-electron chi connectivity index (χ1n) is 9.74. The predicted molar refractivity (Wildman–Crippen MR) is 111 cm³/mol. The van der Waals surface area contributed by atoms with Crippen molar-refractivity contribution in [2.24, 2.45) is 0 Å². The minimum Gasteiger partial charge on any atom is -0.462 e. The fraction of sp³-hybridized carbons (Fsp3) is 0.261. The number of aromatic nitrogens is 2. The van der Waals surface area contributed by atoms with Crippen LogP contribution in [0.15, 0.2) is 57.7 Å². The van der Waals surface area contributed by atoms with Crippen molar-refractivity contribution in [1.29, 1.82) is 0 Å². The van der Waals surface area contributed by atoms with Crippen molar-refractivity contribution >= 4 is 28.0 Å². The molecule has 0 aliphatic rings. The standard InChI is InChI=1S/C23H22N2O4/c1-3-17-15(2)21(16-9-4-5-10-18(16)24-17)22(26)28-14-8-13-25-19-11-6-7-12-20(19)29-23(25)27/h4-7,9-12H,3,8,13-14H2,1-2H3. The van der Waals surface area contributed by atoms with E-state index in [1.54, 1.807) is 10.6 Å². The summed E-state index contributed by atoms with van der Waals surface area (Å²) < 4.78 is 12.3. The number of hydrogen-bond donors (Lipinski definition) is 0. The van der Waals surface area contributed by atoms with E-state index in [4.69, 9.17) is 9.15 Å². The Morgan fingerprint density at radius 1 is 1.14 bits per heavy atom. The van der Waals surface area contributed by atoms with Gasteiger partial charge in [0.2, 0.25) is 0 Å². The van der Waals surface area contributed by atoms with Gasteiger partial charge in [0.15, 0.2) is 5.58 Å². The molecule has 0 N–H and O–H groups in total. The number of fused-ring (bicyclic) bond motifs is 2. The number of ether oxygens (including phenoxy) is 1. The Balaban J connectivity index is 1.50. The third-order valence-corrected chi connectivity index (χ3v) is 5.11. The average Bonchev–Trinajstić information content (AvgIpc) is 3.05. The maximum atomic E-state index is 12.9. The Labute approximate surface area is 167 Å². The van der Waals surface area contributed by atoms with Gasteiger partial charge in [0, 0.05) is 17.6 Å². The van der Waals surface area contributed by atoms with Gasteiger partial charge in [0.25, 0.3) is 0 Å². The van der Waals surface area contributed by atoms with Gasteiger partial charge in [-0.2, -0.15) is 0 Å². The summed E-state index contributed by atoms with van der Waals surface area (Å²) in [5, 5.41) is 0.796. The zero-order valence-electron chi connectivity index (χ0n) is 16.5. The van der Waals surface area contributed by atoms with E-state index in [1.807, 2.05) is 56.3 Å². The molecule has 4 rings (SSSR count). The number of para-hydroxylation sites is 3. The normalized spacial score (nSPS) is 11.2. The Kier molecular flexibility index (Phi) is 5.16. The van der Waals surface area contributed by atoms with Gasteiger partial charge >= 0.3 is 11.7 Å². The lowest BCUT2D eigenvalue weighted by Crippen LogP contribution is -2.17. The lowest BCUT2D eigenvalue weighted by molar-refractivity contribution is 0.0497. The van der Waals surface area contributed by atoms with Gasteiger partial charge in [-0.25, -0.2) is 9.59 Å². The summed E-state index contributed by atoms with van der Waals surface area (Å²) in [5.74, 6) is -0.763. The highest BCUT2D eigenvalue weighted by molar-refractivity contribution is 6.05. The van der Waals surface area contributed by atoms with E-state index in [0.717, 1.165) is 34.1 Å². The molecule has 6 heteroatoms. The third-order valence-electron chi connectivity index (χ3n) is 5.11. The number of nitrogens with zero attached hydrogens (tertiary/aromatic N) is 2. The molecule has 0 spiro atoms. The molecule has 0 radical (unpaired) electrons. The van der Waals surface area contributed by atoms with Gasteiger partial charge in [-0.3, -0.25) is 9.55 Å². The van der Waals surface area contributed by atoms with Crippen LogP contribution in [0.1, 0.15) is 35.0 Å².